The van der Waals surface area contributed by atoms with Gasteiger partial charge in [-0.15, -0.1) is 0 Å². The summed E-state index contributed by atoms with van der Waals surface area (Å²) in [6.45, 7) is 5.89. The molecule has 0 aliphatic carbocycles. The van der Waals surface area contributed by atoms with Gasteiger partial charge in [-0.2, -0.15) is 13.2 Å². The number of carbonyl (C=O) groups is 1. The lowest BCUT2D eigenvalue weighted by Gasteiger charge is -2.21. The van der Waals surface area contributed by atoms with E-state index in [0.717, 1.165) is 6.42 Å². The molecule has 0 bridgehead atoms. The number of halogens is 3. The molecule has 1 rings (SSSR count). The Labute approximate surface area is 109 Å². The van der Waals surface area contributed by atoms with Gasteiger partial charge in [0.2, 0.25) is 5.91 Å². The molecule has 3 nitrogen and oxygen atoms in total. The number of rotatable bonds is 5. The number of hydrogen-bond donors (Lipinski definition) is 1. The van der Waals surface area contributed by atoms with Crippen LogP contribution in [0.25, 0.3) is 0 Å². The zero-order valence-electron chi connectivity index (χ0n) is 10.8. The molecule has 3 unspecified atom stereocenters. The van der Waals surface area contributed by atoms with Crippen molar-refractivity contribution < 1.29 is 18.0 Å². The number of alkyl halides is 3. The highest BCUT2D eigenvalue weighted by atomic mass is 32.2. The fourth-order valence-corrected chi connectivity index (χ4v) is 2.52. The van der Waals surface area contributed by atoms with Gasteiger partial charge in [-0.1, -0.05) is 20.3 Å². The topological polar surface area (TPSA) is 32.3 Å². The number of hydrogen-bond acceptors (Lipinski definition) is 3. The smallest absolute Gasteiger partial charge is 0.325 e. The van der Waals surface area contributed by atoms with Crippen LogP contribution in [0, 0.1) is 5.92 Å². The second kappa shape index (κ2) is 6.14. The molecule has 1 aliphatic heterocycles. The quantitative estimate of drug-likeness (QED) is 0.841. The van der Waals surface area contributed by atoms with E-state index in [-0.39, 0.29) is 48.1 Å². The third kappa shape index (κ3) is 4.05. The zero-order valence-corrected chi connectivity index (χ0v) is 11.6. The first-order valence-corrected chi connectivity index (χ1v) is 7.02. The lowest BCUT2D eigenvalue weighted by Crippen LogP contribution is -2.36. The van der Waals surface area contributed by atoms with Gasteiger partial charge in [0.15, 0.2) is 0 Å². The summed E-state index contributed by atoms with van der Waals surface area (Å²) in [5.41, 5.74) is -4.23. The summed E-state index contributed by atoms with van der Waals surface area (Å²) in [5.74, 6) is -0.00562. The summed E-state index contributed by atoms with van der Waals surface area (Å²) in [6, 6.07) is -0.263. The second-order valence-corrected chi connectivity index (χ2v) is 5.69. The van der Waals surface area contributed by atoms with Gasteiger partial charge in [-0.25, -0.2) is 0 Å². The van der Waals surface area contributed by atoms with Crippen LogP contribution in [0.15, 0.2) is 0 Å². The SMILES string of the molecule is CCC(C)C1NC(C)N(CCSC(F)(F)F)C1=O. The van der Waals surface area contributed by atoms with Gasteiger partial charge in [0, 0.05) is 12.3 Å². The summed E-state index contributed by atoms with van der Waals surface area (Å²) in [7, 11) is 0. The average Bonchev–Trinajstić information content (AvgIpc) is 2.54. The van der Waals surface area contributed by atoms with Gasteiger partial charge < -0.3 is 4.90 Å². The molecule has 0 aromatic heterocycles. The van der Waals surface area contributed by atoms with Crippen LogP contribution in [0.5, 0.6) is 0 Å². The summed E-state index contributed by atoms with van der Waals surface area (Å²) in [5, 5.41) is 3.14. The van der Waals surface area contributed by atoms with Crippen LogP contribution in [0.1, 0.15) is 27.2 Å². The summed E-state index contributed by atoms with van der Waals surface area (Å²) in [6.07, 6.45) is 0.673. The maximum absolute atomic E-state index is 12.0. The molecule has 0 aromatic rings. The average molecular weight is 284 g/mol. The Hall–Kier alpha value is -0.430. The Kier molecular flexibility index (Phi) is 5.33. The molecule has 1 heterocycles. The van der Waals surface area contributed by atoms with Gasteiger partial charge in [0.25, 0.3) is 0 Å². The van der Waals surface area contributed by atoms with Crippen LogP contribution < -0.4 is 5.32 Å². The monoisotopic (exact) mass is 284 g/mol. The Balaban J connectivity index is 2.49. The van der Waals surface area contributed by atoms with Crippen LogP contribution in [0.4, 0.5) is 13.2 Å². The molecule has 1 fully saturated rings. The van der Waals surface area contributed by atoms with Crippen molar-refractivity contribution in [2.45, 2.75) is 44.9 Å². The standard InChI is InChI=1S/C11H19F3N2OS/c1-4-7(2)9-10(17)16(8(3)15-9)5-6-18-11(12,13)14/h7-9,15H,4-6H2,1-3H3. The van der Waals surface area contributed by atoms with E-state index in [1.807, 2.05) is 13.8 Å². The van der Waals surface area contributed by atoms with Gasteiger partial charge in [-0.05, 0) is 24.6 Å². The van der Waals surface area contributed by atoms with E-state index in [2.05, 4.69) is 5.32 Å². The molecular weight excluding hydrogens is 265 g/mol. The van der Waals surface area contributed by atoms with Crippen LogP contribution >= 0.6 is 11.8 Å². The van der Waals surface area contributed by atoms with Crippen molar-refractivity contribution >= 4 is 17.7 Å². The van der Waals surface area contributed by atoms with Gasteiger partial charge in [0.05, 0.1) is 12.2 Å². The molecule has 1 aliphatic rings. The molecule has 0 aromatic carbocycles. The van der Waals surface area contributed by atoms with Gasteiger partial charge in [0.1, 0.15) is 0 Å². The number of amides is 1. The minimum absolute atomic E-state index is 0.0818. The van der Waals surface area contributed by atoms with Crippen LogP contribution in [-0.2, 0) is 4.79 Å². The number of thioether (sulfide) groups is 1. The van der Waals surface area contributed by atoms with E-state index >= 15 is 0 Å². The molecular formula is C11H19F3N2OS. The highest BCUT2D eigenvalue weighted by Gasteiger charge is 2.39. The highest BCUT2D eigenvalue weighted by molar-refractivity contribution is 8.00. The number of carbonyl (C=O) groups excluding carboxylic acids is 1. The van der Waals surface area contributed by atoms with Crippen molar-refractivity contribution in [2.75, 3.05) is 12.3 Å². The Morgan fingerprint density at radius 2 is 2.11 bits per heavy atom. The van der Waals surface area contributed by atoms with Crippen molar-refractivity contribution in [2.24, 2.45) is 5.92 Å². The highest BCUT2D eigenvalue weighted by Crippen LogP contribution is 2.30. The molecule has 18 heavy (non-hydrogen) atoms. The number of nitrogens with zero attached hydrogens (tertiary/aromatic N) is 1. The summed E-state index contributed by atoms with van der Waals surface area (Å²) >= 11 is -0.0818. The predicted octanol–water partition coefficient (Wildman–Crippen LogP) is 2.43. The minimum Gasteiger partial charge on any atom is -0.325 e. The van der Waals surface area contributed by atoms with Gasteiger partial charge in [-0.3, -0.25) is 10.1 Å². The third-order valence-electron chi connectivity index (χ3n) is 3.25. The maximum Gasteiger partial charge on any atom is 0.441 e. The minimum atomic E-state index is -4.23. The van der Waals surface area contributed by atoms with E-state index in [1.165, 1.54) is 4.90 Å². The molecule has 1 amide bonds. The molecule has 0 spiro atoms. The van der Waals surface area contributed by atoms with Gasteiger partial charge >= 0.3 is 5.51 Å². The van der Waals surface area contributed by atoms with E-state index in [4.69, 9.17) is 0 Å². The Morgan fingerprint density at radius 3 is 2.61 bits per heavy atom. The molecule has 3 atom stereocenters. The second-order valence-electron chi connectivity index (χ2n) is 4.53. The van der Waals surface area contributed by atoms with Crippen LogP contribution in [0.3, 0.4) is 0 Å². The predicted molar refractivity (Wildman–Crippen MR) is 66.1 cm³/mol. The molecule has 106 valence electrons. The first-order valence-electron chi connectivity index (χ1n) is 6.03. The Bertz CT molecular complexity index is 299. The molecule has 0 saturated carbocycles. The molecule has 0 radical (unpaired) electrons. The Morgan fingerprint density at radius 1 is 1.50 bits per heavy atom. The van der Waals surface area contributed by atoms with Crippen LogP contribution in [0.2, 0.25) is 0 Å². The van der Waals surface area contributed by atoms with Crippen LogP contribution in [-0.4, -0.2) is 40.8 Å². The zero-order chi connectivity index (χ0) is 13.9. The van der Waals surface area contributed by atoms with E-state index in [9.17, 15) is 18.0 Å². The van der Waals surface area contributed by atoms with E-state index in [0.29, 0.717) is 0 Å². The molecule has 1 N–H and O–H groups in total. The normalized spacial score (nSPS) is 26.8. The molecule has 1 saturated heterocycles. The van der Waals surface area contributed by atoms with Crippen molar-refractivity contribution in [3.8, 4) is 0 Å². The first-order chi connectivity index (χ1) is 8.26. The largest absolute Gasteiger partial charge is 0.441 e. The fraction of sp³-hybridized carbons (Fsp3) is 0.909. The first kappa shape index (κ1) is 15.6. The van der Waals surface area contributed by atoms with E-state index in [1.54, 1.807) is 6.92 Å². The maximum atomic E-state index is 12.0. The van der Waals surface area contributed by atoms with Crippen molar-refractivity contribution in [1.82, 2.24) is 10.2 Å². The molecule has 7 heteroatoms. The third-order valence-corrected chi connectivity index (χ3v) is 3.96. The van der Waals surface area contributed by atoms with Crippen molar-refractivity contribution in [3.05, 3.63) is 0 Å². The number of nitrogens with one attached hydrogen (secondary N) is 1. The summed E-state index contributed by atoms with van der Waals surface area (Å²) in [4.78, 5) is 13.5. The fourth-order valence-electron chi connectivity index (χ4n) is 2.00. The van der Waals surface area contributed by atoms with Crippen molar-refractivity contribution in [3.63, 3.8) is 0 Å². The lowest BCUT2D eigenvalue weighted by atomic mass is 9.99. The van der Waals surface area contributed by atoms with Crippen molar-refractivity contribution in [1.29, 1.82) is 0 Å². The summed E-state index contributed by atoms with van der Waals surface area (Å²) < 4.78 is 36.1. The van der Waals surface area contributed by atoms with E-state index < -0.39 is 5.51 Å². The lowest BCUT2D eigenvalue weighted by molar-refractivity contribution is -0.130.